The first kappa shape index (κ1) is 14.8. The molecule has 2 rings (SSSR count). The minimum absolute atomic E-state index is 0.0787. The molecule has 0 bridgehead atoms. The molecule has 0 aliphatic rings. The molecule has 4 heteroatoms. The number of urea groups is 1. The predicted octanol–water partition coefficient (Wildman–Crippen LogP) is 4.00. The summed E-state index contributed by atoms with van der Waals surface area (Å²) >= 11 is 2.21. The smallest absolute Gasteiger partial charge is 0.321 e. The number of benzene rings is 2. The van der Waals surface area contributed by atoms with Gasteiger partial charge in [-0.05, 0) is 46.7 Å². The van der Waals surface area contributed by atoms with Crippen molar-refractivity contribution in [3.8, 4) is 0 Å². The first-order valence-electron chi connectivity index (χ1n) is 6.47. The van der Waals surface area contributed by atoms with Crippen molar-refractivity contribution in [2.75, 3.05) is 18.9 Å². The number of nitrogens with zero attached hydrogens (tertiary/aromatic N) is 1. The number of para-hydroxylation sites is 1. The van der Waals surface area contributed by atoms with E-state index in [-0.39, 0.29) is 6.03 Å². The number of carbonyl (C=O) groups is 1. The molecule has 2 aromatic rings. The van der Waals surface area contributed by atoms with Gasteiger partial charge in [-0.1, -0.05) is 42.5 Å². The Hall–Kier alpha value is -1.56. The van der Waals surface area contributed by atoms with Crippen LogP contribution >= 0.6 is 22.6 Å². The molecule has 0 fully saturated rings. The fraction of sp³-hybridized carbons (Fsp3) is 0.188. The summed E-state index contributed by atoms with van der Waals surface area (Å²) in [6.07, 6.45) is 0.858. The fourth-order valence-corrected chi connectivity index (χ4v) is 2.34. The van der Waals surface area contributed by atoms with E-state index >= 15 is 0 Å². The summed E-state index contributed by atoms with van der Waals surface area (Å²) in [5.74, 6) is 0. The van der Waals surface area contributed by atoms with Gasteiger partial charge in [0.1, 0.15) is 0 Å². The quantitative estimate of drug-likeness (QED) is 0.800. The summed E-state index contributed by atoms with van der Waals surface area (Å²) in [6.45, 7) is 0.694. The van der Waals surface area contributed by atoms with E-state index in [0.29, 0.717) is 6.54 Å². The number of halogens is 1. The Bertz CT molecular complexity index is 572. The van der Waals surface area contributed by atoms with Crippen LogP contribution in [0.1, 0.15) is 5.56 Å². The van der Waals surface area contributed by atoms with Gasteiger partial charge >= 0.3 is 6.03 Å². The number of rotatable bonds is 4. The van der Waals surface area contributed by atoms with Crippen molar-refractivity contribution in [2.45, 2.75) is 6.42 Å². The molecule has 0 atom stereocenters. The summed E-state index contributed by atoms with van der Waals surface area (Å²) in [4.78, 5) is 13.8. The molecule has 0 spiro atoms. The lowest BCUT2D eigenvalue weighted by Gasteiger charge is -2.18. The summed E-state index contributed by atoms with van der Waals surface area (Å²) in [5.41, 5.74) is 2.09. The van der Waals surface area contributed by atoms with Crippen LogP contribution in [0.3, 0.4) is 0 Å². The molecule has 3 nitrogen and oxygen atoms in total. The van der Waals surface area contributed by atoms with E-state index in [1.165, 1.54) is 5.56 Å². The molecule has 0 radical (unpaired) electrons. The van der Waals surface area contributed by atoms with E-state index in [1.807, 2.05) is 49.5 Å². The maximum Gasteiger partial charge on any atom is 0.321 e. The number of amides is 2. The van der Waals surface area contributed by atoms with Gasteiger partial charge in [-0.2, -0.15) is 0 Å². The zero-order valence-electron chi connectivity index (χ0n) is 11.3. The van der Waals surface area contributed by atoms with Crippen molar-refractivity contribution >= 4 is 34.3 Å². The van der Waals surface area contributed by atoms with E-state index in [1.54, 1.807) is 4.90 Å². The highest BCUT2D eigenvalue weighted by atomic mass is 127. The first-order chi connectivity index (χ1) is 9.66. The Labute approximate surface area is 133 Å². The Morgan fingerprint density at radius 2 is 1.75 bits per heavy atom. The van der Waals surface area contributed by atoms with Crippen molar-refractivity contribution in [3.05, 3.63) is 63.7 Å². The van der Waals surface area contributed by atoms with Crippen molar-refractivity contribution < 1.29 is 4.79 Å². The molecule has 2 aromatic carbocycles. The Balaban J connectivity index is 1.88. The normalized spacial score (nSPS) is 10.1. The minimum atomic E-state index is -0.0787. The number of nitrogens with one attached hydrogen (secondary N) is 1. The first-order valence-corrected chi connectivity index (χ1v) is 7.55. The molecular weight excluding hydrogens is 363 g/mol. The highest BCUT2D eigenvalue weighted by Gasteiger charge is 2.09. The van der Waals surface area contributed by atoms with Crippen LogP contribution in [-0.2, 0) is 6.42 Å². The average Bonchev–Trinajstić information content (AvgIpc) is 2.48. The van der Waals surface area contributed by atoms with Crippen LogP contribution in [0, 0.1) is 3.57 Å². The van der Waals surface area contributed by atoms with Crippen molar-refractivity contribution in [2.24, 2.45) is 0 Å². The summed E-state index contributed by atoms with van der Waals surface area (Å²) < 4.78 is 1.04. The van der Waals surface area contributed by atoms with Crippen LogP contribution in [-0.4, -0.2) is 24.5 Å². The molecular formula is C16H17IN2O. The van der Waals surface area contributed by atoms with E-state index in [9.17, 15) is 4.79 Å². The van der Waals surface area contributed by atoms with E-state index in [0.717, 1.165) is 15.7 Å². The third-order valence-corrected chi connectivity index (χ3v) is 3.98. The lowest BCUT2D eigenvalue weighted by Crippen LogP contribution is -2.33. The van der Waals surface area contributed by atoms with Crippen LogP contribution in [0.15, 0.2) is 54.6 Å². The molecule has 0 aromatic heterocycles. The van der Waals surface area contributed by atoms with Crippen LogP contribution in [0.4, 0.5) is 10.5 Å². The van der Waals surface area contributed by atoms with Gasteiger partial charge in [0.25, 0.3) is 0 Å². The molecule has 1 N–H and O–H groups in total. The van der Waals surface area contributed by atoms with Crippen molar-refractivity contribution in [1.29, 1.82) is 0 Å². The second kappa shape index (κ2) is 7.28. The molecule has 0 aliphatic heterocycles. The average molecular weight is 380 g/mol. The number of likely N-dealkylation sites (N-methyl/N-ethyl adjacent to an activating group) is 1. The topological polar surface area (TPSA) is 32.3 Å². The van der Waals surface area contributed by atoms with Gasteiger partial charge in [0.15, 0.2) is 0 Å². The molecule has 20 heavy (non-hydrogen) atoms. The molecule has 2 amide bonds. The summed E-state index contributed by atoms with van der Waals surface area (Å²) in [5, 5.41) is 2.93. The van der Waals surface area contributed by atoms with Gasteiger partial charge in [-0.25, -0.2) is 4.79 Å². The van der Waals surface area contributed by atoms with Crippen LogP contribution in [0.5, 0.6) is 0 Å². The Kier molecular flexibility index (Phi) is 5.40. The summed E-state index contributed by atoms with van der Waals surface area (Å²) in [6, 6.07) is 17.9. The molecule has 0 unspecified atom stereocenters. The number of carbonyl (C=O) groups excluding carboxylic acids is 1. The van der Waals surface area contributed by atoms with Gasteiger partial charge in [-0.3, -0.25) is 0 Å². The van der Waals surface area contributed by atoms with Crippen molar-refractivity contribution in [3.63, 3.8) is 0 Å². The SMILES string of the molecule is CN(CCc1ccccc1)C(=O)Nc1ccccc1I. The third-order valence-electron chi connectivity index (χ3n) is 3.04. The van der Waals surface area contributed by atoms with E-state index < -0.39 is 0 Å². The zero-order chi connectivity index (χ0) is 14.4. The van der Waals surface area contributed by atoms with Crippen LogP contribution in [0.2, 0.25) is 0 Å². The predicted molar refractivity (Wildman–Crippen MR) is 91.0 cm³/mol. The Morgan fingerprint density at radius 1 is 1.10 bits per heavy atom. The summed E-state index contributed by atoms with van der Waals surface area (Å²) in [7, 11) is 1.81. The second-order valence-electron chi connectivity index (χ2n) is 4.57. The Morgan fingerprint density at radius 3 is 2.45 bits per heavy atom. The van der Waals surface area contributed by atoms with E-state index in [4.69, 9.17) is 0 Å². The minimum Gasteiger partial charge on any atom is -0.327 e. The highest BCUT2D eigenvalue weighted by molar-refractivity contribution is 14.1. The number of anilines is 1. The van der Waals surface area contributed by atoms with Crippen molar-refractivity contribution in [1.82, 2.24) is 4.90 Å². The molecule has 0 saturated heterocycles. The molecule has 0 aliphatic carbocycles. The van der Waals surface area contributed by atoms with Gasteiger partial charge in [0.2, 0.25) is 0 Å². The maximum absolute atomic E-state index is 12.1. The lowest BCUT2D eigenvalue weighted by molar-refractivity contribution is 0.223. The lowest BCUT2D eigenvalue weighted by atomic mass is 10.1. The number of hydrogen-bond acceptors (Lipinski definition) is 1. The van der Waals surface area contributed by atoms with E-state index in [2.05, 4.69) is 40.0 Å². The maximum atomic E-state index is 12.1. The molecule has 104 valence electrons. The largest absolute Gasteiger partial charge is 0.327 e. The second-order valence-corrected chi connectivity index (χ2v) is 5.73. The number of hydrogen-bond donors (Lipinski definition) is 1. The standard InChI is InChI=1S/C16H17IN2O/c1-19(12-11-13-7-3-2-4-8-13)16(20)18-15-10-6-5-9-14(15)17/h2-10H,11-12H2,1H3,(H,18,20). The van der Waals surface area contributed by atoms with Crippen LogP contribution in [0.25, 0.3) is 0 Å². The van der Waals surface area contributed by atoms with Gasteiger partial charge in [0.05, 0.1) is 5.69 Å². The molecule has 0 heterocycles. The van der Waals surface area contributed by atoms with Gasteiger partial charge in [0, 0.05) is 17.2 Å². The monoisotopic (exact) mass is 380 g/mol. The van der Waals surface area contributed by atoms with Gasteiger partial charge in [-0.15, -0.1) is 0 Å². The molecule has 0 saturated carbocycles. The third kappa shape index (κ3) is 4.23. The van der Waals surface area contributed by atoms with Crippen LogP contribution < -0.4 is 5.32 Å². The fourth-order valence-electron chi connectivity index (χ4n) is 1.82. The highest BCUT2D eigenvalue weighted by Crippen LogP contribution is 2.17. The zero-order valence-corrected chi connectivity index (χ0v) is 13.5. The van der Waals surface area contributed by atoms with Gasteiger partial charge < -0.3 is 10.2 Å².